The molecule has 0 amide bonds. The van der Waals surface area contributed by atoms with Crippen LogP contribution >= 0.6 is 11.6 Å². The number of hydrogen-bond acceptors (Lipinski definition) is 6. The predicted octanol–water partition coefficient (Wildman–Crippen LogP) is 2.86. The lowest BCUT2D eigenvalue weighted by molar-refractivity contribution is 0.0953. The molecule has 0 heterocycles. The van der Waals surface area contributed by atoms with E-state index in [4.69, 9.17) is 22.1 Å². The van der Waals surface area contributed by atoms with Crippen molar-refractivity contribution in [2.24, 2.45) is 5.73 Å². The van der Waals surface area contributed by atoms with E-state index in [1.807, 2.05) is 0 Å². The van der Waals surface area contributed by atoms with Crippen LogP contribution in [0, 0.1) is 0 Å². The number of nitrogens with two attached hydrogens (primary N) is 1. The van der Waals surface area contributed by atoms with E-state index in [0.29, 0.717) is 0 Å². The Hall–Kier alpha value is -3.51. The monoisotopic (exact) mass is 393 g/mol. The molecule has 2 aliphatic carbocycles. The first-order chi connectivity index (χ1) is 13.4. The number of Topliss-reactive ketones (excluding diaryl/α,β-unsaturated/α-hetero) is 4. The van der Waals surface area contributed by atoms with Crippen LogP contribution in [-0.4, -0.2) is 30.2 Å². The molecule has 2 aromatic carbocycles. The second-order valence-electron chi connectivity index (χ2n) is 6.22. The number of methoxy groups -OCH3 is 1. The summed E-state index contributed by atoms with van der Waals surface area (Å²) in [5, 5.41) is -0.454. The van der Waals surface area contributed by atoms with Gasteiger partial charge in [-0.1, -0.05) is 41.9 Å². The Kier molecular flexibility index (Phi) is 4.01. The minimum Gasteiger partial charge on any atom is -0.496 e. The fourth-order valence-electron chi connectivity index (χ4n) is 3.45. The number of hydrogen-bond donors (Lipinski definition) is 1. The Morgan fingerprint density at radius 2 is 1.36 bits per heavy atom. The van der Waals surface area contributed by atoms with Gasteiger partial charge in [-0.15, -0.1) is 0 Å². The van der Waals surface area contributed by atoms with E-state index in [0.717, 1.165) is 0 Å². The molecule has 0 radical (unpaired) electrons. The van der Waals surface area contributed by atoms with Gasteiger partial charge in [0, 0.05) is 16.7 Å². The predicted molar refractivity (Wildman–Crippen MR) is 101 cm³/mol. The summed E-state index contributed by atoms with van der Waals surface area (Å²) < 4.78 is 5.20. The van der Waals surface area contributed by atoms with Crippen LogP contribution in [0.5, 0.6) is 5.75 Å². The third-order valence-electron chi connectivity index (χ3n) is 4.77. The van der Waals surface area contributed by atoms with Crippen molar-refractivity contribution in [2.45, 2.75) is 0 Å². The molecule has 7 heteroatoms. The third kappa shape index (κ3) is 2.28. The Labute approximate surface area is 164 Å². The molecule has 6 nitrogen and oxygen atoms in total. The summed E-state index contributed by atoms with van der Waals surface area (Å²) in [5.41, 5.74) is 5.06. The Balaban J connectivity index is 1.99. The Morgan fingerprint density at radius 3 is 2.00 bits per heavy atom. The number of halogens is 1. The van der Waals surface area contributed by atoms with Gasteiger partial charge in [-0.2, -0.15) is 0 Å². The normalized spacial score (nSPS) is 16.4. The number of fused-ring (bicyclic) bond motifs is 2. The molecule has 0 atom stereocenters. The van der Waals surface area contributed by atoms with E-state index in [-0.39, 0.29) is 39.1 Å². The first-order valence-electron chi connectivity index (χ1n) is 8.23. The number of benzene rings is 2. The lowest BCUT2D eigenvalue weighted by atomic mass is 9.78. The van der Waals surface area contributed by atoms with Crippen molar-refractivity contribution in [1.29, 1.82) is 0 Å². The third-order valence-corrected chi connectivity index (χ3v) is 5.13. The molecule has 2 N–H and O–H groups in total. The van der Waals surface area contributed by atoms with E-state index in [1.54, 1.807) is 18.2 Å². The van der Waals surface area contributed by atoms with Crippen molar-refractivity contribution in [2.75, 3.05) is 7.11 Å². The van der Waals surface area contributed by atoms with E-state index in [2.05, 4.69) is 0 Å². The molecule has 0 aliphatic heterocycles. The molecule has 138 valence electrons. The van der Waals surface area contributed by atoms with E-state index < -0.39 is 33.9 Å². The van der Waals surface area contributed by atoms with E-state index in [1.165, 1.54) is 31.4 Å². The molecule has 0 aromatic heterocycles. The first-order valence-corrected chi connectivity index (χ1v) is 8.61. The maximum Gasteiger partial charge on any atom is 0.210 e. The van der Waals surface area contributed by atoms with Gasteiger partial charge in [0.1, 0.15) is 10.8 Å². The fraction of sp³-hybridized carbons (Fsp3) is 0.0476. The van der Waals surface area contributed by atoms with Crippen LogP contribution in [0.25, 0.3) is 0 Å². The highest BCUT2D eigenvalue weighted by Crippen LogP contribution is 2.39. The Morgan fingerprint density at radius 1 is 0.750 bits per heavy atom. The summed E-state index contributed by atoms with van der Waals surface area (Å²) in [7, 11) is 1.35. The number of rotatable bonds is 2. The first kappa shape index (κ1) is 17.9. The van der Waals surface area contributed by atoms with Gasteiger partial charge in [0.25, 0.3) is 0 Å². The van der Waals surface area contributed by atoms with Crippen LogP contribution in [0.4, 0.5) is 0 Å². The van der Waals surface area contributed by atoms with Crippen LogP contribution in [0.15, 0.2) is 64.3 Å². The van der Waals surface area contributed by atoms with E-state index >= 15 is 0 Å². The minimum absolute atomic E-state index is 0.0196. The molecule has 2 aliphatic rings. The molecule has 0 saturated heterocycles. The SMILES string of the molecule is COc1cccc2c1C(=O)C(C1=C(N)C(=O)c3ccccc3C1=O)=C(Cl)C2=O. The number of ketones is 4. The summed E-state index contributed by atoms with van der Waals surface area (Å²) in [5.74, 6) is -2.43. The van der Waals surface area contributed by atoms with Gasteiger partial charge in [0.2, 0.25) is 11.6 Å². The van der Waals surface area contributed by atoms with E-state index in [9.17, 15) is 19.2 Å². The highest BCUT2D eigenvalue weighted by Gasteiger charge is 2.41. The van der Waals surface area contributed by atoms with Gasteiger partial charge in [-0.3, -0.25) is 19.2 Å². The summed E-state index contributed by atoms with van der Waals surface area (Å²) in [6.45, 7) is 0. The van der Waals surface area contributed by atoms with Gasteiger partial charge in [0.05, 0.1) is 29.5 Å². The topological polar surface area (TPSA) is 104 Å². The minimum atomic E-state index is -0.699. The number of ether oxygens (including phenoxy) is 1. The maximum atomic E-state index is 13.2. The molecular formula is C21H12ClNO5. The Bertz CT molecular complexity index is 1190. The summed E-state index contributed by atoms with van der Waals surface area (Å²) in [6.07, 6.45) is 0. The highest BCUT2D eigenvalue weighted by molar-refractivity contribution is 6.52. The second-order valence-corrected chi connectivity index (χ2v) is 6.60. The molecule has 2 aromatic rings. The molecule has 28 heavy (non-hydrogen) atoms. The molecule has 0 unspecified atom stereocenters. The molecule has 0 spiro atoms. The lowest BCUT2D eigenvalue weighted by Crippen LogP contribution is -2.32. The average molecular weight is 394 g/mol. The van der Waals surface area contributed by atoms with Crippen molar-refractivity contribution < 1.29 is 23.9 Å². The van der Waals surface area contributed by atoms with Gasteiger partial charge >= 0.3 is 0 Å². The van der Waals surface area contributed by atoms with Crippen LogP contribution in [-0.2, 0) is 0 Å². The summed E-state index contributed by atoms with van der Waals surface area (Å²) in [4.78, 5) is 51.7. The van der Waals surface area contributed by atoms with Gasteiger partial charge in [-0.25, -0.2) is 0 Å². The van der Waals surface area contributed by atoms with Gasteiger partial charge in [-0.05, 0) is 12.1 Å². The second kappa shape index (κ2) is 6.28. The van der Waals surface area contributed by atoms with Gasteiger partial charge in [0.15, 0.2) is 11.6 Å². The van der Waals surface area contributed by atoms with Gasteiger partial charge < -0.3 is 10.5 Å². The van der Waals surface area contributed by atoms with Crippen molar-refractivity contribution >= 4 is 34.7 Å². The average Bonchev–Trinajstić information content (AvgIpc) is 2.72. The largest absolute Gasteiger partial charge is 0.496 e. The van der Waals surface area contributed by atoms with Crippen LogP contribution in [0.2, 0.25) is 0 Å². The lowest BCUT2D eigenvalue weighted by Gasteiger charge is -2.24. The van der Waals surface area contributed by atoms with Crippen molar-refractivity contribution in [3.8, 4) is 5.75 Å². The zero-order valence-corrected chi connectivity index (χ0v) is 15.3. The quantitative estimate of drug-likeness (QED) is 0.841. The molecular weight excluding hydrogens is 382 g/mol. The number of carbonyl (C=O) groups excluding carboxylic acids is 4. The van der Waals surface area contributed by atoms with Crippen molar-refractivity contribution in [1.82, 2.24) is 0 Å². The standard InChI is InChI=1S/C21H12ClNO5/c1-28-12-8-4-7-11-13(12)21(27)14(16(22)19(11)25)15-17(23)20(26)10-6-3-2-5-9(10)18(15)24/h2-8H,23H2,1H3. The zero-order valence-electron chi connectivity index (χ0n) is 14.5. The van der Waals surface area contributed by atoms with Crippen molar-refractivity contribution in [3.63, 3.8) is 0 Å². The highest BCUT2D eigenvalue weighted by atomic mass is 35.5. The fourth-order valence-corrected chi connectivity index (χ4v) is 3.73. The van der Waals surface area contributed by atoms with Crippen LogP contribution < -0.4 is 10.5 Å². The maximum absolute atomic E-state index is 13.2. The molecule has 0 fully saturated rings. The van der Waals surface area contributed by atoms with Crippen molar-refractivity contribution in [3.05, 3.63) is 86.6 Å². The summed E-state index contributed by atoms with van der Waals surface area (Å²) >= 11 is 6.21. The van der Waals surface area contributed by atoms with Crippen LogP contribution in [0.1, 0.15) is 41.4 Å². The van der Waals surface area contributed by atoms with Crippen LogP contribution in [0.3, 0.4) is 0 Å². The number of allylic oxidation sites excluding steroid dienone is 4. The summed E-state index contributed by atoms with van der Waals surface area (Å²) in [6, 6.07) is 10.6. The number of carbonyl (C=O) groups is 4. The molecule has 0 saturated carbocycles. The molecule has 0 bridgehead atoms. The zero-order chi connectivity index (χ0) is 20.2. The molecule has 4 rings (SSSR count). The smallest absolute Gasteiger partial charge is 0.210 e.